The minimum absolute atomic E-state index is 0.00286. The van der Waals surface area contributed by atoms with Crippen molar-refractivity contribution in [2.75, 3.05) is 26.2 Å². The summed E-state index contributed by atoms with van der Waals surface area (Å²) in [4.78, 5) is 22.1. The van der Waals surface area contributed by atoms with Gasteiger partial charge in [-0.1, -0.05) is 11.2 Å². The van der Waals surface area contributed by atoms with E-state index in [2.05, 4.69) is 21.1 Å². The first-order valence-corrected chi connectivity index (χ1v) is 9.49. The Kier molecular flexibility index (Phi) is 4.96. The molecule has 3 heterocycles. The summed E-state index contributed by atoms with van der Waals surface area (Å²) in [5.74, 6) is 1.21. The van der Waals surface area contributed by atoms with Crippen molar-refractivity contribution >= 4 is 17.2 Å². The third kappa shape index (κ3) is 3.89. The van der Waals surface area contributed by atoms with Crippen LogP contribution in [0.25, 0.3) is 10.7 Å². The van der Waals surface area contributed by atoms with Crippen molar-refractivity contribution in [1.82, 2.24) is 19.9 Å². The van der Waals surface area contributed by atoms with Crippen LogP contribution in [0.4, 0.5) is 0 Å². The molecule has 0 bridgehead atoms. The summed E-state index contributed by atoms with van der Waals surface area (Å²) in [6.07, 6.45) is 0. The van der Waals surface area contributed by atoms with Crippen LogP contribution in [0.5, 0.6) is 0 Å². The Morgan fingerprint density at radius 2 is 1.96 bits per heavy atom. The van der Waals surface area contributed by atoms with Crippen LogP contribution >= 0.6 is 11.3 Å². The summed E-state index contributed by atoms with van der Waals surface area (Å²) in [6, 6.07) is 12.7. The Morgan fingerprint density at radius 1 is 1.19 bits per heavy atom. The maximum atomic E-state index is 12.6. The normalized spacial score (nSPS) is 14.9. The second-order valence-corrected chi connectivity index (χ2v) is 7.19. The van der Waals surface area contributed by atoms with Crippen LogP contribution in [-0.4, -0.2) is 52.0 Å². The van der Waals surface area contributed by atoms with E-state index in [0.717, 1.165) is 18.0 Å². The molecule has 1 aliphatic heterocycles. The lowest BCUT2D eigenvalue weighted by molar-refractivity contribution is 0.0615. The van der Waals surface area contributed by atoms with Crippen LogP contribution in [-0.2, 0) is 6.54 Å². The van der Waals surface area contributed by atoms with Gasteiger partial charge in [0.2, 0.25) is 11.7 Å². The standard InChI is InChI=1S/C19H17N5O2S/c20-12-14-3-5-15(6-4-14)19(25)24-9-7-23(8-10-24)13-17-21-18(22-26-17)16-2-1-11-27-16/h1-6,11H,7-10,13H2. The maximum absolute atomic E-state index is 12.6. The van der Waals surface area contributed by atoms with E-state index in [1.807, 2.05) is 22.4 Å². The molecule has 136 valence electrons. The first-order valence-electron chi connectivity index (χ1n) is 8.61. The highest BCUT2D eigenvalue weighted by atomic mass is 32.1. The van der Waals surface area contributed by atoms with Gasteiger partial charge >= 0.3 is 0 Å². The Balaban J connectivity index is 1.32. The molecule has 1 amide bonds. The van der Waals surface area contributed by atoms with Crippen LogP contribution < -0.4 is 0 Å². The fraction of sp³-hybridized carbons (Fsp3) is 0.263. The van der Waals surface area contributed by atoms with Gasteiger partial charge in [-0.05, 0) is 35.7 Å². The zero-order valence-corrected chi connectivity index (χ0v) is 15.4. The zero-order valence-electron chi connectivity index (χ0n) is 14.5. The lowest BCUT2D eigenvalue weighted by Crippen LogP contribution is -2.48. The first-order chi connectivity index (χ1) is 13.2. The molecule has 27 heavy (non-hydrogen) atoms. The first kappa shape index (κ1) is 17.4. The van der Waals surface area contributed by atoms with Gasteiger partial charge in [0.25, 0.3) is 5.91 Å². The number of thiophene rings is 1. The van der Waals surface area contributed by atoms with E-state index in [0.29, 0.717) is 42.5 Å². The highest BCUT2D eigenvalue weighted by Crippen LogP contribution is 2.21. The summed E-state index contributed by atoms with van der Waals surface area (Å²) in [7, 11) is 0. The molecule has 0 aliphatic carbocycles. The molecular formula is C19H17N5O2S. The van der Waals surface area contributed by atoms with Crippen molar-refractivity contribution < 1.29 is 9.32 Å². The largest absolute Gasteiger partial charge is 0.338 e. The number of benzene rings is 1. The van der Waals surface area contributed by atoms with E-state index in [-0.39, 0.29) is 5.91 Å². The van der Waals surface area contributed by atoms with E-state index in [9.17, 15) is 4.79 Å². The predicted molar refractivity (Wildman–Crippen MR) is 99.9 cm³/mol. The van der Waals surface area contributed by atoms with E-state index in [1.165, 1.54) is 0 Å². The van der Waals surface area contributed by atoms with Gasteiger partial charge < -0.3 is 9.42 Å². The smallest absolute Gasteiger partial charge is 0.253 e. The molecule has 0 radical (unpaired) electrons. The lowest BCUT2D eigenvalue weighted by Gasteiger charge is -2.34. The number of amides is 1. The molecule has 1 saturated heterocycles. The van der Waals surface area contributed by atoms with Gasteiger partial charge in [-0.3, -0.25) is 9.69 Å². The van der Waals surface area contributed by atoms with E-state index in [4.69, 9.17) is 9.78 Å². The van der Waals surface area contributed by atoms with Crippen LogP contribution in [0, 0.1) is 11.3 Å². The van der Waals surface area contributed by atoms with Crippen molar-refractivity contribution in [3.05, 3.63) is 58.8 Å². The fourth-order valence-corrected chi connectivity index (χ4v) is 3.64. The molecule has 2 aromatic heterocycles. The number of carbonyl (C=O) groups is 1. The lowest BCUT2D eigenvalue weighted by atomic mass is 10.1. The summed E-state index contributed by atoms with van der Waals surface area (Å²) in [5, 5.41) is 14.9. The summed E-state index contributed by atoms with van der Waals surface area (Å²) in [5.41, 5.74) is 1.16. The van der Waals surface area contributed by atoms with Gasteiger partial charge in [0.15, 0.2) is 0 Å². The number of hydrogen-bond donors (Lipinski definition) is 0. The van der Waals surface area contributed by atoms with Gasteiger partial charge in [-0.25, -0.2) is 0 Å². The zero-order chi connectivity index (χ0) is 18.6. The second-order valence-electron chi connectivity index (χ2n) is 6.25. The molecule has 0 saturated carbocycles. The minimum atomic E-state index is -0.00286. The number of rotatable bonds is 4. The Bertz CT molecular complexity index is 951. The molecule has 0 atom stereocenters. The number of carbonyl (C=O) groups excluding carboxylic acids is 1. The number of aromatic nitrogens is 2. The Morgan fingerprint density at radius 3 is 2.63 bits per heavy atom. The van der Waals surface area contributed by atoms with Crippen molar-refractivity contribution in [2.45, 2.75) is 6.54 Å². The van der Waals surface area contributed by atoms with Gasteiger partial charge in [0.1, 0.15) is 0 Å². The quantitative estimate of drug-likeness (QED) is 0.693. The van der Waals surface area contributed by atoms with Gasteiger partial charge in [0.05, 0.1) is 23.1 Å². The molecule has 1 aromatic carbocycles. The van der Waals surface area contributed by atoms with E-state index < -0.39 is 0 Å². The molecule has 4 rings (SSSR count). The highest BCUT2D eigenvalue weighted by Gasteiger charge is 2.23. The van der Waals surface area contributed by atoms with Crippen molar-refractivity contribution in [2.24, 2.45) is 0 Å². The van der Waals surface area contributed by atoms with E-state index in [1.54, 1.807) is 35.6 Å². The predicted octanol–water partition coefficient (Wildman–Crippen LogP) is 2.63. The monoisotopic (exact) mass is 379 g/mol. The SMILES string of the molecule is N#Cc1ccc(C(=O)N2CCN(Cc3nc(-c4cccs4)no3)CC2)cc1. The fourth-order valence-electron chi connectivity index (χ4n) is 3.00. The molecule has 1 aliphatic rings. The van der Waals surface area contributed by atoms with Crippen LogP contribution in [0.15, 0.2) is 46.3 Å². The molecule has 0 unspecified atom stereocenters. The number of nitriles is 1. The van der Waals surface area contributed by atoms with Crippen molar-refractivity contribution in [1.29, 1.82) is 5.26 Å². The molecule has 0 N–H and O–H groups in total. The van der Waals surface area contributed by atoms with Gasteiger partial charge in [0, 0.05) is 31.7 Å². The van der Waals surface area contributed by atoms with E-state index >= 15 is 0 Å². The summed E-state index contributed by atoms with van der Waals surface area (Å²) >= 11 is 1.58. The average molecular weight is 379 g/mol. The maximum Gasteiger partial charge on any atom is 0.253 e. The van der Waals surface area contributed by atoms with Crippen LogP contribution in [0.3, 0.4) is 0 Å². The molecular weight excluding hydrogens is 362 g/mol. The second kappa shape index (κ2) is 7.70. The number of hydrogen-bond acceptors (Lipinski definition) is 7. The topological polar surface area (TPSA) is 86.3 Å². The number of piperazine rings is 1. The van der Waals surface area contributed by atoms with Crippen molar-refractivity contribution in [3.8, 4) is 16.8 Å². The van der Waals surface area contributed by atoms with Gasteiger partial charge in [-0.15, -0.1) is 11.3 Å². The van der Waals surface area contributed by atoms with Crippen LogP contribution in [0.2, 0.25) is 0 Å². The molecule has 0 spiro atoms. The Hall–Kier alpha value is -3.02. The summed E-state index contributed by atoms with van der Waals surface area (Å²) in [6.45, 7) is 3.37. The van der Waals surface area contributed by atoms with Crippen LogP contribution in [0.1, 0.15) is 21.8 Å². The third-order valence-corrected chi connectivity index (χ3v) is 5.35. The third-order valence-electron chi connectivity index (χ3n) is 4.49. The van der Waals surface area contributed by atoms with Gasteiger partial charge in [-0.2, -0.15) is 10.2 Å². The minimum Gasteiger partial charge on any atom is -0.338 e. The molecule has 1 fully saturated rings. The van der Waals surface area contributed by atoms with Crippen molar-refractivity contribution in [3.63, 3.8) is 0 Å². The molecule has 3 aromatic rings. The average Bonchev–Trinajstić information content (AvgIpc) is 3.40. The highest BCUT2D eigenvalue weighted by molar-refractivity contribution is 7.13. The Labute approximate surface area is 160 Å². The number of nitrogens with zero attached hydrogens (tertiary/aromatic N) is 5. The summed E-state index contributed by atoms with van der Waals surface area (Å²) < 4.78 is 5.35. The molecule has 8 heteroatoms. The molecule has 7 nitrogen and oxygen atoms in total.